The molecule has 2 rings (SSSR count). The molecule has 0 aliphatic carbocycles. The van der Waals surface area contributed by atoms with Crippen LogP contribution in [-0.4, -0.2) is 39.0 Å². The van der Waals surface area contributed by atoms with Crippen LogP contribution in [0.15, 0.2) is 23.1 Å². The van der Waals surface area contributed by atoms with E-state index >= 15 is 0 Å². The predicted octanol–water partition coefficient (Wildman–Crippen LogP) is 2.08. The second-order valence-corrected chi connectivity index (χ2v) is 7.35. The molecule has 1 aliphatic heterocycles. The molecule has 0 amide bonds. The highest BCUT2D eigenvalue weighted by Crippen LogP contribution is 2.22. The summed E-state index contributed by atoms with van der Waals surface area (Å²) < 4.78 is 45.4. The van der Waals surface area contributed by atoms with Gasteiger partial charge < -0.3 is 4.74 Å². The van der Waals surface area contributed by atoms with Gasteiger partial charge in [-0.1, -0.05) is 0 Å². The van der Waals surface area contributed by atoms with Crippen molar-refractivity contribution in [3.05, 3.63) is 29.6 Å². The van der Waals surface area contributed by atoms with E-state index in [0.29, 0.717) is 19.8 Å². The van der Waals surface area contributed by atoms with Crippen molar-refractivity contribution in [2.24, 2.45) is 5.92 Å². The summed E-state index contributed by atoms with van der Waals surface area (Å²) in [7, 11) is -3.74. The van der Waals surface area contributed by atoms with Crippen molar-refractivity contribution in [1.29, 1.82) is 5.26 Å². The van der Waals surface area contributed by atoms with Crippen molar-refractivity contribution >= 4 is 10.0 Å². The Labute approximate surface area is 130 Å². The van der Waals surface area contributed by atoms with Gasteiger partial charge in [-0.05, 0) is 43.0 Å². The van der Waals surface area contributed by atoms with Crippen molar-refractivity contribution in [1.82, 2.24) is 4.31 Å². The third-order valence-corrected chi connectivity index (χ3v) is 5.59. The number of rotatable bonds is 6. The lowest BCUT2D eigenvalue weighted by atomic mass is 10.1. The van der Waals surface area contributed by atoms with Gasteiger partial charge in [0.05, 0.1) is 17.6 Å². The molecule has 0 bridgehead atoms. The zero-order chi connectivity index (χ0) is 16.2. The van der Waals surface area contributed by atoms with Crippen LogP contribution in [-0.2, 0) is 14.8 Å². The largest absolute Gasteiger partial charge is 0.381 e. The van der Waals surface area contributed by atoms with Crippen molar-refractivity contribution in [3.8, 4) is 6.07 Å². The number of benzene rings is 1. The summed E-state index contributed by atoms with van der Waals surface area (Å²) in [4.78, 5) is 0.0586. The van der Waals surface area contributed by atoms with Crippen molar-refractivity contribution in [2.45, 2.75) is 24.7 Å². The molecule has 1 fully saturated rings. The molecule has 1 atom stereocenters. The smallest absolute Gasteiger partial charge is 0.243 e. The molecule has 0 unspecified atom stereocenters. The fourth-order valence-corrected chi connectivity index (χ4v) is 4.03. The van der Waals surface area contributed by atoms with Crippen LogP contribution < -0.4 is 0 Å². The Hall–Kier alpha value is -1.49. The maximum atomic E-state index is 13.4. The summed E-state index contributed by atoms with van der Waals surface area (Å²) in [5.74, 6) is -0.304. The van der Waals surface area contributed by atoms with E-state index in [2.05, 4.69) is 0 Å². The number of ether oxygens (including phenoxy) is 1. The van der Waals surface area contributed by atoms with E-state index < -0.39 is 15.8 Å². The van der Waals surface area contributed by atoms with E-state index in [4.69, 9.17) is 10.00 Å². The Morgan fingerprint density at radius 3 is 2.86 bits per heavy atom. The first kappa shape index (κ1) is 16.9. The van der Waals surface area contributed by atoms with Gasteiger partial charge in [-0.25, -0.2) is 12.8 Å². The van der Waals surface area contributed by atoms with Crippen LogP contribution >= 0.6 is 0 Å². The lowest BCUT2D eigenvalue weighted by Crippen LogP contribution is -2.36. The fourth-order valence-electron chi connectivity index (χ4n) is 2.43. The van der Waals surface area contributed by atoms with Crippen molar-refractivity contribution < 1.29 is 17.5 Å². The van der Waals surface area contributed by atoms with Gasteiger partial charge in [-0.3, -0.25) is 0 Å². The number of nitriles is 1. The van der Waals surface area contributed by atoms with Crippen LogP contribution in [0, 0.1) is 30.0 Å². The van der Waals surface area contributed by atoms with Gasteiger partial charge in [0.15, 0.2) is 0 Å². The Balaban J connectivity index is 2.26. The molecule has 1 aromatic carbocycles. The van der Waals surface area contributed by atoms with Crippen molar-refractivity contribution in [2.75, 3.05) is 26.3 Å². The van der Waals surface area contributed by atoms with E-state index in [1.54, 1.807) is 0 Å². The molecule has 0 spiro atoms. The third kappa shape index (κ3) is 3.83. The minimum absolute atomic E-state index is 0.0586. The number of hydrogen-bond acceptors (Lipinski definition) is 4. The number of sulfonamides is 1. The fraction of sp³-hybridized carbons (Fsp3) is 0.533. The standard InChI is InChI=1S/C15H19FN2O3S/c1-12-9-14(3-4-15(12)16)22(19,20)18(7-2-6-17)10-13-5-8-21-11-13/h3-4,9,13H,2,5,7-8,10-11H2,1H3/t13-/m0/s1. The van der Waals surface area contributed by atoms with E-state index in [9.17, 15) is 12.8 Å². The number of aryl methyl sites for hydroxylation is 1. The van der Waals surface area contributed by atoms with Crippen molar-refractivity contribution in [3.63, 3.8) is 0 Å². The van der Waals surface area contributed by atoms with Crippen LogP contribution in [0.2, 0.25) is 0 Å². The second kappa shape index (κ2) is 7.18. The molecule has 1 heterocycles. The van der Waals surface area contributed by atoms with Gasteiger partial charge in [0.25, 0.3) is 0 Å². The van der Waals surface area contributed by atoms with Crippen LogP contribution in [0.4, 0.5) is 4.39 Å². The first-order valence-corrected chi connectivity index (χ1v) is 8.60. The summed E-state index contributed by atoms with van der Waals surface area (Å²) in [6, 6.07) is 5.72. The summed E-state index contributed by atoms with van der Waals surface area (Å²) in [6.45, 7) is 3.14. The highest BCUT2D eigenvalue weighted by Gasteiger charge is 2.29. The predicted molar refractivity (Wildman–Crippen MR) is 79.1 cm³/mol. The molecule has 120 valence electrons. The zero-order valence-corrected chi connectivity index (χ0v) is 13.3. The quantitative estimate of drug-likeness (QED) is 0.802. The maximum Gasteiger partial charge on any atom is 0.243 e. The highest BCUT2D eigenvalue weighted by atomic mass is 32.2. The number of halogens is 1. The molecule has 0 radical (unpaired) electrons. The molecular weight excluding hydrogens is 307 g/mol. The van der Waals surface area contributed by atoms with Gasteiger partial charge in [-0.2, -0.15) is 9.57 Å². The molecule has 1 saturated heterocycles. The average Bonchev–Trinajstić information content (AvgIpc) is 2.99. The molecule has 5 nitrogen and oxygen atoms in total. The topological polar surface area (TPSA) is 70.4 Å². The molecule has 22 heavy (non-hydrogen) atoms. The first-order valence-electron chi connectivity index (χ1n) is 7.16. The summed E-state index contributed by atoms with van der Waals surface area (Å²) in [5, 5.41) is 8.75. The van der Waals surface area contributed by atoms with E-state index in [1.807, 2.05) is 6.07 Å². The number of hydrogen-bond donors (Lipinski definition) is 0. The van der Waals surface area contributed by atoms with Gasteiger partial charge >= 0.3 is 0 Å². The van der Waals surface area contributed by atoms with Crippen LogP contribution in [0.1, 0.15) is 18.4 Å². The Morgan fingerprint density at radius 2 is 2.27 bits per heavy atom. The van der Waals surface area contributed by atoms with Crippen LogP contribution in [0.5, 0.6) is 0 Å². The molecular formula is C15H19FN2O3S. The lowest BCUT2D eigenvalue weighted by molar-refractivity contribution is 0.180. The summed E-state index contributed by atoms with van der Waals surface area (Å²) in [6.07, 6.45) is 0.925. The molecule has 7 heteroatoms. The average molecular weight is 326 g/mol. The minimum atomic E-state index is -3.74. The van der Waals surface area contributed by atoms with Gasteiger partial charge in [0, 0.05) is 26.1 Å². The monoisotopic (exact) mass is 326 g/mol. The van der Waals surface area contributed by atoms with Gasteiger partial charge in [0.1, 0.15) is 5.82 Å². The Bertz CT molecular complexity index is 664. The first-order chi connectivity index (χ1) is 10.4. The van der Waals surface area contributed by atoms with Crippen LogP contribution in [0.3, 0.4) is 0 Å². The van der Waals surface area contributed by atoms with Gasteiger partial charge in [-0.15, -0.1) is 0 Å². The highest BCUT2D eigenvalue weighted by molar-refractivity contribution is 7.89. The molecule has 0 aromatic heterocycles. The van der Waals surface area contributed by atoms with E-state index in [1.165, 1.54) is 23.4 Å². The molecule has 1 aliphatic rings. The maximum absolute atomic E-state index is 13.4. The Kier molecular flexibility index (Phi) is 5.51. The third-order valence-electron chi connectivity index (χ3n) is 3.73. The molecule has 1 aromatic rings. The SMILES string of the molecule is Cc1cc(S(=O)(=O)N(CCC#N)C[C@@H]2CCOC2)ccc1F. The minimum Gasteiger partial charge on any atom is -0.381 e. The normalized spacial score (nSPS) is 18.5. The summed E-state index contributed by atoms with van der Waals surface area (Å²) >= 11 is 0. The van der Waals surface area contributed by atoms with Crippen LogP contribution in [0.25, 0.3) is 0 Å². The lowest BCUT2D eigenvalue weighted by Gasteiger charge is -2.24. The van der Waals surface area contributed by atoms with E-state index in [0.717, 1.165) is 12.5 Å². The van der Waals surface area contributed by atoms with Gasteiger partial charge in [0.2, 0.25) is 10.0 Å². The molecule has 0 N–H and O–H groups in total. The zero-order valence-electron chi connectivity index (χ0n) is 12.5. The Morgan fingerprint density at radius 1 is 1.50 bits per heavy atom. The number of nitrogens with zero attached hydrogens (tertiary/aromatic N) is 2. The summed E-state index contributed by atoms with van der Waals surface area (Å²) in [5.41, 5.74) is 0.283. The molecule has 0 saturated carbocycles. The van der Waals surface area contributed by atoms with E-state index in [-0.39, 0.29) is 29.3 Å². The second-order valence-electron chi connectivity index (χ2n) is 5.41.